The number of halogens is 1. The zero-order chi connectivity index (χ0) is 15.6. The molecule has 8 heteroatoms. The lowest BCUT2D eigenvalue weighted by molar-refractivity contribution is 0.445. The fourth-order valence-electron chi connectivity index (χ4n) is 2.40. The van der Waals surface area contributed by atoms with Crippen LogP contribution in [0.15, 0.2) is 4.99 Å². The van der Waals surface area contributed by atoms with Gasteiger partial charge in [0.15, 0.2) is 5.96 Å². The van der Waals surface area contributed by atoms with Gasteiger partial charge < -0.3 is 11.1 Å². The molecule has 0 aromatic rings. The first kappa shape index (κ1) is 21.9. The average molecular weight is 446 g/mol. The molecule has 6 nitrogen and oxygen atoms in total. The van der Waals surface area contributed by atoms with Gasteiger partial charge in [0.2, 0.25) is 10.0 Å². The van der Waals surface area contributed by atoms with E-state index in [-0.39, 0.29) is 29.7 Å². The lowest BCUT2D eigenvalue weighted by atomic mass is 10.1. The van der Waals surface area contributed by atoms with Crippen LogP contribution in [0.5, 0.6) is 0 Å². The van der Waals surface area contributed by atoms with Crippen molar-refractivity contribution in [2.45, 2.75) is 51.9 Å². The van der Waals surface area contributed by atoms with E-state index in [0.717, 1.165) is 19.4 Å². The standard InChI is InChI=1S/C14H30N4O2S.HI/c1-2-3-4-5-6-7-9-16-14(15)17-10-12-18-11-8-13-21(18,19)20;/h2-13H2,1H3,(H3,15,16,17);1H. The van der Waals surface area contributed by atoms with Gasteiger partial charge in [-0.3, -0.25) is 4.99 Å². The summed E-state index contributed by atoms with van der Waals surface area (Å²) in [5, 5.41) is 2.98. The summed E-state index contributed by atoms with van der Waals surface area (Å²) in [7, 11) is -3.00. The van der Waals surface area contributed by atoms with Gasteiger partial charge >= 0.3 is 0 Å². The molecule has 0 saturated carbocycles. The molecular weight excluding hydrogens is 415 g/mol. The Bertz CT molecular complexity index is 415. The molecule has 0 radical (unpaired) electrons. The number of rotatable bonds is 10. The summed E-state index contributed by atoms with van der Waals surface area (Å²) in [5.74, 6) is 0.689. The molecule has 1 aliphatic rings. The molecule has 1 rings (SSSR count). The Morgan fingerprint density at radius 3 is 2.55 bits per heavy atom. The van der Waals surface area contributed by atoms with E-state index in [1.54, 1.807) is 0 Å². The van der Waals surface area contributed by atoms with Gasteiger partial charge in [-0.15, -0.1) is 24.0 Å². The van der Waals surface area contributed by atoms with Crippen LogP contribution in [-0.4, -0.2) is 50.6 Å². The van der Waals surface area contributed by atoms with E-state index in [1.165, 1.54) is 36.4 Å². The number of unbranched alkanes of at least 4 members (excludes halogenated alkanes) is 5. The van der Waals surface area contributed by atoms with Crippen LogP contribution < -0.4 is 11.1 Å². The van der Waals surface area contributed by atoms with Crippen molar-refractivity contribution in [3.8, 4) is 0 Å². The molecule has 0 aliphatic carbocycles. The predicted octanol–water partition coefficient (Wildman–Crippen LogP) is 1.90. The number of nitrogens with one attached hydrogen (secondary N) is 1. The van der Waals surface area contributed by atoms with Crippen molar-refractivity contribution in [3.63, 3.8) is 0 Å². The van der Waals surface area contributed by atoms with E-state index in [2.05, 4.69) is 17.2 Å². The molecular formula is C14H31IN4O2S. The molecule has 1 fully saturated rings. The second-order valence-corrected chi connectivity index (χ2v) is 7.62. The van der Waals surface area contributed by atoms with Crippen LogP contribution in [-0.2, 0) is 10.0 Å². The predicted molar refractivity (Wildman–Crippen MR) is 103 cm³/mol. The van der Waals surface area contributed by atoms with E-state index >= 15 is 0 Å². The van der Waals surface area contributed by atoms with Gasteiger partial charge in [0.25, 0.3) is 0 Å². The molecule has 132 valence electrons. The minimum atomic E-state index is -3.00. The summed E-state index contributed by atoms with van der Waals surface area (Å²) in [5.41, 5.74) is 5.76. The van der Waals surface area contributed by atoms with Crippen LogP contribution in [0.3, 0.4) is 0 Å². The highest BCUT2D eigenvalue weighted by Gasteiger charge is 2.27. The molecule has 0 aromatic heterocycles. The zero-order valence-corrected chi connectivity index (χ0v) is 16.7. The SMILES string of the molecule is CCCCCCCCN=C(N)NCCN1CCCS1(=O)=O.I. The van der Waals surface area contributed by atoms with Crippen LogP contribution in [0.25, 0.3) is 0 Å². The van der Waals surface area contributed by atoms with Crippen molar-refractivity contribution < 1.29 is 8.42 Å². The van der Waals surface area contributed by atoms with Crippen LogP contribution in [0.1, 0.15) is 51.9 Å². The highest BCUT2D eigenvalue weighted by molar-refractivity contribution is 14.0. The van der Waals surface area contributed by atoms with Gasteiger partial charge in [0, 0.05) is 26.2 Å². The first-order valence-electron chi connectivity index (χ1n) is 8.08. The number of sulfonamides is 1. The molecule has 22 heavy (non-hydrogen) atoms. The summed E-state index contributed by atoms with van der Waals surface area (Å²) < 4.78 is 24.7. The Kier molecular flexibility index (Phi) is 12.3. The Hall–Kier alpha value is -0.0900. The Morgan fingerprint density at radius 1 is 1.23 bits per heavy atom. The van der Waals surface area contributed by atoms with E-state index in [9.17, 15) is 8.42 Å². The molecule has 0 unspecified atom stereocenters. The molecule has 3 N–H and O–H groups in total. The van der Waals surface area contributed by atoms with Crippen molar-refractivity contribution in [2.75, 3.05) is 31.9 Å². The summed E-state index contributed by atoms with van der Waals surface area (Å²) in [4.78, 5) is 4.26. The highest BCUT2D eigenvalue weighted by Crippen LogP contribution is 2.11. The van der Waals surface area contributed by atoms with E-state index in [0.29, 0.717) is 25.6 Å². The van der Waals surface area contributed by atoms with Crippen molar-refractivity contribution in [3.05, 3.63) is 0 Å². The Labute approximate surface area is 152 Å². The fraction of sp³-hybridized carbons (Fsp3) is 0.929. The van der Waals surface area contributed by atoms with Gasteiger partial charge in [0.1, 0.15) is 0 Å². The third-order valence-corrected chi connectivity index (χ3v) is 5.62. The third kappa shape index (κ3) is 9.14. The van der Waals surface area contributed by atoms with Crippen molar-refractivity contribution in [1.82, 2.24) is 9.62 Å². The maximum Gasteiger partial charge on any atom is 0.214 e. The van der Waals surface area contributed by atoms with Crippen molar-refractivity contribution >= 4 is 40.0 Å². The minimum Gasteiger partial charge on any atom is -0.370 e. The second kappa shape index (κ2) is 12.3. The van der Waals surface area contributed by atoms with Crippen LogP contribution in [0.4, 0.5) is 0 Å². The zero-order valence-electron chi connectivity index (χ0n) is 13.6. The molecule has 0 spiro atoms. The smallest absolute Gasteiger partial charge is 0.214 e. The number of nitrogens with two attached hydrogens (primary N) is 1. The summed E-state index contributed by atoms with van der Waals surface area (Å²) in [6.45, 7) is 4.57. The fourth-order valence-corrected chi connectivity index (χ4v) is 3.93. The maximum absolute atomic E-state index is 11.6. The topological polar surface area (TPSA) is 87.8 Å². The van der Waals surface area contributed by atoms with Gasteiger partial charge in [-0.1, -0.05) is 39.0 Å². The molecule has 1 aliphatic heterocycles. The first-order valence-corrected chi connectivity index (χ1v) is 9.69. The largest absolute Gasteiger partial charge is 0.370 e. The summed E-state index contributed by atoms with van der Waals surface area (Å²) in [6.07, 6.45) is 8.13. The van der Waals surface area contributed by atoms with Crippen molar-refractivity contribution in [2.24, 2.45) is 10.7 Å². The molecule has 0 amide bonds. The second-order valence-electron chi connectivity index (χ2n) is 5.53. The van der Waals surface area contributed by atoms with Crippen LogP contribution >= 0.6 is 24.0 Å². The van der Waals surface area contributed by atoms with Gasteiger partial charge in [-0.05, 0) is 12.8 Å². The molecule has 0 aromatic carbocycles. The van der Waals surface area contributed by atoms with E-state index in [4.69, 9.17) is 5.73 Å². The lowest BCUT2D eigenvalue weighted by Crippen LogP contribution is -2.39. The van der Waals surface area contributed by atoms with E-state index in [1.807, 2.05) is 0 Å². The summed E-state index contributed by atoms with van der Waals surface area (Å²) in [6, 6.07) is 0. The monoisotopic (exact) mass is 446 g/mol. The third-order valence-electron chi connectivity index (χ3n) is 3.66. The van der Waals surface area contributed by atoms with Crippen LogP contribution in [0.2, 0.25) is 0 Å². The summed E-state index contributed by atoms with van der Waals surface area (Å²) >= 11 is 0. The van der Waals surface area contributed by atoms with Crippen molar-refractivity contribution in [1.29, 1.82) is 0 Å². The molecule has 1 saturated heterocycles. The minimum absolute atomic E-state index is 0. The number of hydrogen-bond acceptors (Lipinski definition) is 3. The van der Waals surface area contributed by atoms with Gasteiger partial charge in [-0.2, -0.15) is 0 Å². The lowest BCUT2D eigenvalue weighted by Gasteiger charge is -2.14. The Morgan fingerprint density at radius 2 is 1.91 bits per heavy atom. The highest BCUT2D eigenvalue weighted by atomic mass is 127. The average Bonchev–Trinajstić information content (AvgIpc) is 2.77. The quantitative estimate of drug-likeness (QED) is 0.232. The van der Waals surface area contributed by atoms with E-state index < -0.39 is 10.0 Å². The number of aliphatic imine (C=N–C) groups is 1. The molecule has 1 heterocycles. The molecule has 0 atom stereocenters. The van der Waals surface area contributed by atoms with Gasteiger partial charge in [-0.25, -0.2) is 12.7 Å². The molecule has 0 bridgehead atoms. The Balaban J connectivity index is 0.00000441. The number of hydrogen-bond donors (Lipinski definition) is 2. The van der Waals surface area contributed by atoms with Crippen LogP contribution in [0, 0.1) is 0 Å². The van der Waals surface area contributed by atoms with Gasteiger partial charge in [0.05, 0.1) is 5.75 Å². The number of guanidine groups is 1. The normalized spacial score (nSPS) is 18.1. The first-order chi connectivity index (χ1) is 10.1. The maximum atomic E-state index is 11.6. The number of nitrogens with zero attached hydrogens (tertiary/aromatic N) is 2.